The summed E-state index contributed by atoms with van der Waals surface area (Å²) < 4.78 is 51.5. The van der Waals surface area contributed by atoms with Crippen molar-refractivity contribution < 1.29 is 21.5 Å². The molecule has 4 atom stereocenters. The largest absolute Gasteiger partial charge is 0.367 e. The van der Waals surface area contributed by atoms with Gasteiger partial charge < -0.3 is 9.47 Å². The average molecular weight is 375 g/mol. The molecule has 8 nitrogen and oxygen atoms in total. The van der Waals surface area contributed by atoms with Gasteiger partial charge in [0.1, 0.15) is 24.5 Å². The molecular formula is C14H15F2N3O5S. The van der Waals surface area contributed by atoms with Crippen molar-refractivity contribution in [1.82, 2.24) is 9.55 Å². The lowest BCUT2D eigenvalue weighted by Gasteiger charge is -2.21. The number of ether oxygens (including phenoxy) is 2. The van der Waals surface area contributed by atoms with Crippen LogP contribution in [-0.2, 0) is 20.0 Å². The molecule has 0 radical (unpaired) electrons. The first-order valence-corrected chi connectivity index (χ1v) is 8.66. The number of nitrogens with zero attached hydrogens (tertiary/aromatic N) is 2. The van der Waals surface area contributed by atoms with Gasteiger partial charge >= 0.3 is 16.2 Å². The fourth-order valence-electron chi connectivity index (χ4n) is 3.24. The monoisotopic (exact) mass is 375 g/mol. The third-order valence-electron chi connectivity index (χ3n) is 4.42. The maximum absolute atomic E-state index is 12.8. The highest BCUT2D eigenvalue weighted by Gasteiger charge is 2.73. The number of rotatable bonds is 5. The fourth-order valence-corrected chi connectivity index (χ4v) is 3.83. The van der Waals surface area contributed by atoms with Crippen molar-refractivity contribution in [3.63, 3.8) is 0 Å². The minimum Gasteiger partial charge on any atom is -0.366 e. The van der Waals surface area contributed by atoms with Crippen molar-refractivity contribution in [3.05, 3.63) is 32.6 Å². The number of hydrogen-bond acceptors (Lipinski definition) is 6. The number of aromatic amines is 1. The zero-order valence-electron chi connectivity index (χ0n) is 13.1. The number of aromatic nitrogens is 2. The molecule has 1 saturated carbocycles. The Hall–Kier alpha value is -2.03. The topological polar surface area (TPSA) is 103 Å². The molecule has 0 bridgehead atoms. The van der Waals surface area contributed by atoms with E-state index in [0.717, 1.165) is 0 Å². The molecule has 1 aliphatic carbocycles. The highest BCUT2D eigenvalue weighted by molar-refractivity contribution is 7.83. The summed E-state index contributed by atoms with van der Waals surface area (Å²) in [5.41, 5.74) is -2.08. The Balaban J connectivity index is 1.87. The minimum absolute atomic E-state index is 0.0481. The fraction of sp³-hybridized carbons (Fsp3) is 0.571. The van der Waals surface area contributed by atoms with E-state index in [-0.39, 0.29) is 19.6 Å². The smallest absolute Gasteiger partial charge is 0.366 e. The molecule has 136 valence electrons. The summed E-state index contributed by atoms with van der Waals surface area (Å²) in [6.45, 7) is 1.36. The van der Waals surface area contributed by atoms with E-state index in [0.29, 0.717) is 5.56 Å². The SMILES string of the molecule is C#CCOCC12O[C@@H](n3cc(C)c(=O)[nH]c3=O)CC1[C@H]2N=S(=O)(F)F. The summed E-state index contributed by atoms with van der Waals surface area (Å²) in [5.74, 6) is 1.76. The van der Waals surface area contributed by atoms with Gasteiger partial charge in [-0.2, -0.15) is 8.57 Å². The number of hydrogen-bond donors (Lipinski definition) is 1. The summed E-state index contributed by atoms with van der Waals surface area (Å²) in [5, 5.41) is 0. The van der Waals surface area contributed by atoms with E-state index in [1.165, 1.54) is 17.7 Å². The van der Waals surface area contributed by atoms with Crippen LogP contribution < -0.4 is 11.2 Å². The van der Waals surface area contributed by atoms with Gasteiger partial charge in [0.2, 0.25) is 0 Å². The van der Waals surface area contributed by atoms with Crippen LogP contribution in [0.1, 0.15) is 18.2 Å². The van der Waals surface area contributed by atoms with Gasteiger partial charge in [-0.25, -0.2) is 4.79 Å². The van der Waals surface area contributed by atoms with E-state index in [1.807, 2.05) is 0 Å². The van der Waals surface area contributed by atoms with Crippen LogP contribution in [0.5, 0.6) is 0 Å². The molecule has 2 heterocycles. The first-order valence-electron chi connectivity index (χ1n) is 7.34. The predicted molar refractivity (Wildman–Crippen MR) is 83.2 cm³/mol. The lowest BCUT2D eigenvalue weighted by Crippen LogP contribution is -2.36. The summed E-state index contributed by atoms with van der Waals surface area (Å²) in [4.78, 5) is 25.6. The maximum atomic E-state index is 12.8. The molecule has 25 heavy (non-hydrogen) atoms. The lowest BCUT2D eigenvalue weighted by atomic mass is 10.2. The number of halogens is 2. The molecule has 1 saturated heterocycles. The average Bonchev–Trinajstić information content (AvgIpc) is 2.89. The molecule has 1 aromatic rings. The van der Waals surface area contributed by atoms with Gasteiger partial charge in [0.05, 0.1) is 6.61 Å². The molecule has 1 aromatic heterocycles. The van der Waals surface area contributed by atoms with E-state index in [9.17, 15) is 21.6 Å². The lowest BCUT2D eigenvalue weighted by molar-refractivity contribution is -0.0768. The van der Waals surface area contributed by atoms with Crippen LogP contribution in [0.25, 0.3) is 0 Å². The number of terminal acetylenes is 1. The van der Waals surface area contributed by atoms with Gasteiger partial charge in [-0.1, -0.05) is 13.7 Å². The summed E-state index contributed by atoms with van der Waals surface area (Å²) in [7, 11) is -5.29. The Labute approximate surface area is 141 Å². The number of H-pyrrole nitrogens is 1. The standard InChI is InChI=1S/C14H15F2N3O5S/c1-3-4-23-7-14-9(11(14)18-25(15,16)22)5-10(24-14)19-6-8(2)12(20)17-13(19)21/h1,6,9-11H,4-5,7H2,2H3,(H,17,20,21)/t9?,10-,11-,14?/m1/s1. The Bertz CT molecular complexity index is 966. The van der Waals surface area contributed by atoms with Gasteiger partial charge in [-0.15, -0.1) is 6.42 Å². The Kier molecular flexibility index (Phi) is 4.30. The van der Waals surface area contributed by atoms with Crippen LogP contribution in [0.2, 0.25) is 0 Å². The van der Waals surface area contributed by atoms with Gasteiger partial charge in [0.25, 0.3) is 5.56 Å². The van der Waals surface area contributed by atoms with Crippen molar-refractivity contribution in [1.29, 1.82) is 0 Å². The van der Waals surface area contributed by atoms with Crippen molar-refractivity contribution in [2.24, 2.45) is 10.3 Å². The van der Waals surface area contributed by atoms with Crippen molar-refractivity contribution in [2.45, 2.75) is 31.2 Å². The quantitative estimate of drug-likeness (QED) is 0.456. The molecule has 2 fully saturated rings. The van der Waals surface area contributed by atoms with E-state index < -0.39 is 45.5 Å². The van der Waals surface area contributed by atoms with Crippen LogP contribution in [0.4, 0.5) is 7.77 Å². The second-order valence-corrected chi connectivity index (χ2v) is 7.00. The zero-order chi connectivity index (χ0) is 18.4. The third kappa shape index (κ3) is 3.24. The Morgan fingerprint density at radius 3 is 2.96 bits per heavy atom. The van der Waals surface area contributed by atoms with E-state index >= 15 is 0 Å². The highest BCUT2D eigenvalue weighted by Crippen LogP contribution is 2.61. The highest BCUT2D eigenvalue weighted by atomic mass is 32.3. The van der Waals surface area contributed by atoms with Gasteiger partial charge in [-0.3, -0.25) is 14.3 Å². The molecule has 11 heteroatoms. The van der Waals surface area contributed by atoms with Crippen molar-refractivity contribution in [2.75, 3.05) is 13.2 Å². The third-order valence-corrected chi connectivity index (χ3v) is 4.89. The first-order chi connectivity index (χ1) is 11.7. The van der Waals surface area contributed by atoms with Gasteiger partial charge in [-0.05, 0) is 6.92 Å². The van der Waals surface area contributed by atoms with E-state index in [2.05, 4.69) is 15.3 Å². The van der Waals surface area contributed by atoms with Gasteiger partial charge in [0.15, 0.2) is 0 Å². The molecule has 0 amide bonds. The molecule has 2 aliphatic rings. The Morgan fingerprint density at radius 2 is 2.32 bits per heavy atom. The van der Waals surface area contributed by atoms with Crippen LogP contribution >= 0.6 is 0 Å². The number of nitrogens with one attached hydrogen (secondary N) is 1. The number of fused-ring (bicyclic) bond motifs is 1. The second-order valence-electron chi connectivity index (χ2n) is 5.99. The minimum atomic E-state index is -5.29. The maximum Gasteiger partial charge on any atom is 0.367 e. The first kappa shape index (κ1) is 17.8. The summed E-state index contributed by atoms with van der Waals surface area (Å²) in [6.07, 6.45) is 5.85. The van der Waals surface area contributed by atoms with Crippen LogP contribution in [0, 0.1) is 25.2 Å². The molecule has 1 aliphatic heterocycles. The summed E-state index contributed by atoms with van der Waals surface area (Å²) in [6, 6.07) is -0.997. The van der Waals surface area contributed by atoms with Crippen LogP contribution in [0.3, 0.4) is 0 Å². The molecule has 3 rings (SSSR count). The summed E-state index contributed by atoms with van der Waals surface area (Å²) >= 11 is 0. The molecule has 2 unspecified atom stereocenters. The van der Waals surface area contributed by atoms with E-state index in [4.69, 9.17) is 15.9 Å². The second kappa shape index (κ2) is 6.05. The normalized spacial score (nSPS) is 30.6. The molecular weight excluding hydrogens is 360 g/mol. The molecule has 0 aromatic carbocycles. The molecule has 1 N–H and O–H groups in total. The van der Waals surface area contributed by atoms with Crippen LogP contribution in [0.15, 0.2) is 20.1 Å². The van der Waals surface area contributed by atoms with Crippen molar-refractivity contribution in [3.8, 4) is 12.3 Å². The Morgan fingerprint density at radius 1 is 1.60 bits per heavy atom. The number of aryl methyl sites for hydroxylation is 1. The predicted octanol–water partition coefficient (Wildman–Crippen LogP) is 0.388. The van der Waals surface area contributed by atoms with Crippen LogP contribution in [-0.4, -0.2) is 38.6 Å². The zero-order valence-corrected chi connectivity index (χ0v) is 13.9. The molecule has 0 spiro atoms. The van der Waals surface area contributed by atoms with Gasteiger partial charge in [0, 0.05) is 24.1 Å². The van der Waals surface area contributed by atoms with E-state index in [1.54, 1.807) is 0 Å². The van der Waals surface area contributed by atoms with Crippen molar-refractivity contribution >= 4 is 10.5 Å².